The minimum atomic E-state index is -3.56. The molecular formula is C22H23NO3S. The molecule has 2 N–H and O–H groups in total. The monoisotopic (exact) mass is 381 g/mol. The third kappa shape index (κ3) is 5.18. The van der Waals surface area contributed by atoms with E-state index in [0.29, 0.717) is 0 Å². The zero-order chi connectivity index (χ0) is 19.1. The van der Waals surface area contributed by atoms with Gasteiger partial charge in [0.2, 0.25) is 9.84 Å². The second-order valence-electron chi connectivity index (χ2n) is 6.41. The maximum Gasteiger partial charge on any atom is 0.206 e. The Bertz CT molecular complexity index is 951. The predicted molar refractivity (Wildman–Crippen MR) is 106 cm³/mol. The molecule has 3 aromatic rings. The number of rotatable bonds is 8. The van der Waals surface area contributed by atoms with Gasteiger partial charge in [-0.2, -0.15) is 0 Å². The lowest BCUT2D eigenvalue weighted by molar-refractivity contribution is 0.475. The van der Waals surface area contributed by atoms with Crippen LogP contribution in [0.3, 0.4) is 0 Å². The van der Waals surface area contributed by atoms with Gasteiger partial charge < -0.3 is 10.4 Å². The minimum absolute atomic E-state index is 0.0465. The molecule has 5 heteroatoms. The Morgan fingerprint density at radius 3 is 1.96 bits per heavy atom. The highest BCUT2D eigenvalue weighted by Crippen LogP contribution is 2.23. The third-order valence-electron chi connectivity index (χ3n) is 4.37. The van der Waals surface area contributed by atoms with Crippen LogP contribution in [0.4, 0.5) is 0 Å². The SMILES string of the molecule is O=S(=O)(c1ccc(O)cc1)c1ccc(CCCNCc2ccccc2)cc1. The van der Waals surface area contributed by atoms with Crippen LogP contribution in [0.1, 0.15) is 17.5 Å². The van der Waals surface area contributed by atoms with Crippen LogP contribution in [-0.4, -0.2) is 20.1 Å². The number of sulfone groups is 1. The standard InChI is InChI=1S/C22H23NO3S/c24-20-10-14-22(15-11-20)27(25,26)21-12-8-18(9-13-21)7-4-16-23-17-19-5-2-1-3-6-19/h1-3,5-6,8-15,23-24H,4,7,16-17H2. The summed E-state index contributed by atoms with van der Waals surface area (Å²) in [6.45, 7) is 1.76. The molecule has 0 radical (unpaired) electrons. The molecule has 0 aliphatic rings. The maximum atomic E-state index is 12.6. The predicted octanol–water partition coefficient (Wildman–Crippen LogP) is 3.95. The molecule has 0 unspecified atom stereocenters. The van der Waals surface area contributed by atoms with Gasteiger partial charge in [-0.1, -0.05) is 42.5 Å². The van der Waals surface area contributed by atoms with Crippen LogP contribution in [0.25, 0.3) is 0 Å². The Labute approximate surface area is 160 Å². The highest BCUT2D eigenvalue weighted by molar-refractivity contribution is 7.91. The minimum Gasteiger partial charge on any atom is -0.508 e. The van der Waals surface area contributed by atoms with Gasteiger partial charge >= 0.3 is 0 Å². The molecule has 0 aliphatic heterocycles. The van der Waals surface area contributed by atoms with E-state index in [4.69, 9.17) is 0 Å². The van der Waals surface area contributed by atoms with Gasteiger partial charge in [0.05, 0.1) is 9.79 Å². The number of aromatic hydroxyl groups is 1. The lowest BCUT2D eigenvalue weighted by Gasteiger charge is -2.07. The van der Waals surface area contributed by atoms with Gasteiger partial charge in [0, 0.05) is 6.54 Å². The first-order chi connectivity index (χ1) is 13.1. The summed E-state index contributed by atoms with van der Waals surface area (Å²) in [4.78, 5) is 0.442. The molecule has 0 aliphatic carbocycles. The molecule has 3 rings (SSSR count). The summed E-state index contributed by atoms with van der Waals surface area (Å²) in [6.07, 6.45) is 1.87. The summed E-state index contributed by atoms with van der Waals surface area (Å²) in [5.41, 5.74) is 2.38. The smallest absolute Gasteiger partial charge is 0.206 e. The summed E-state index contributed by atoms with van der Waals surface area (Å²) in [6, 6.07) is 22.9. The van der Waals surface area contributed by atoms with Crippen molar-refractivity contribution < 1.29 is 13.5 Å². The van der Waals surface area contributed by atoms with E-state index in [1.165, 1.54) is 29.8 Å². The van der Waals surface area contributed by atoms with Crippen LogP contribution >= 0.6 is 0 Å². The Hall–Kier alpha value is -2.63. The number of hydrogen-bond donors (Lipinski definition) is 2. The lowest BCUT2D eigenvalue weighted by Crippen LogP contribution is -2.15. The Morgan fingerprint density at radius 1 is 0.741 bits per heavy atom. The number of hydrogen-bond acceptors (Lipinski definition) is 4. The molecule has 0 bridgehead atoms. The maximum absolute atomic E-state index is 12.6. The molecule has 0 aromatic heterocycles. The van der Waals surface area contributed by atoms with E-state index in [9.17, 15) is 13.5 Å². The van der Waals surface area contributed by atoms with Gasteiger partial charge in [-0.05, 0) is 66.9 Å². The fourth-order valence-corrected chi connectivity index (χ4v) is 4.10. The van der Waals surface area contributed by atoms with Crippen molar-refractivity contribution in [2.75, 3.05) is 6.54 Å². The molecule has 27 heavy (non-hydrogen) atoms. The fourth-order valence-electron chi connectivity index (χ4n) is 2.84. The van der Waals surface area contributed by atoms with Crippen LogP contribution in [0.15, 0.2) is 88.7 Å². The summed E-state index contributed by atoms with van der Waals surface area (Å²) >= 11 is 0. The number of phenolic OH excluding ortho intramolecular Hbond substituents is 1. The zero-order valence-electron chi connectivity index (χ0n) is 15.0. The molecule has 0 amide bonds. The molecule has 4 nitrogen and oxygen atoms in total. The van der Waals surface area contributed by atoms with Crippen LogP contribution in [0.5, 0.6) is 5.75 Å². The van der Waals surface area contributed by atoms with Gasteiger partial charge in [-0.15, -0.1) is 0 Å². The third-order valence-corrected chi connectivity index (χ3v) is 6.16. The number of benzene rings is 3. The van der Waals surface area contributed by atoms with E-state index in [0.717, 1.165) is 31.5 Å². The number of aryl methyl sites for hydroxylation is 1. The van der Waals surface area contributed by atoms with E-state index < -0.39 is 9.84 Å². The first-order valence-electron chi connectivity index (χ1n) is 8.93. The second-order valence-corrected chi connectivity index (χ2v) is 8.36. The Morgan fingerprint density at radius 2 is 1.33 bits per heavy atom. The van der Waals surface area contributed by atoms with E-state index in [1.54, 1.807) is 12.1 Å². The molecule has 0 atom stereocenters. The molecule has 0 saturated heterocycles. The highest BCUT2D eigenvalue weighted by Gasteiger charge is 2.17. The molecule has 0 fully saturated rings. The molecule has 3 aromatic carbocycles. The molecule has 0 spiro atoms. The van der Waals surface area contributed by atoms with Crippen LogP contribution in [0.2, 0.25) is 0 Å². The molecule has 0 saturated carbocycles. The first-order valence-corrected chi connectivity index (χ1v) is 10.4. The normalized spacial score (nSPS) is 11.4. The number of nitrogens with one attached hydrogen (secondary N) is 1. The highest BCUT2D eigenvalue weighted by atomic mass is 32.2. The van der Waals surface area contributed by atoms with Gasteiger partial charge in [-0.3, -0.25) is 0 Å². The van der Waals surface area contributed by atoms with Crippen LogP contribution < -0.4 is 5.32 Å². The van der Waals surface area contributed by atoms with Crippen molar-refractivity contribution in [2.45, 2.75) is 29.2 Å². The average Bonchev–Trinajstić information content (AvgIpc) is 2.69. The summed E-state index contributed by atoms with van der Waals surface area (Å²) < 4.78 is 25.2. The van der Waals surface area contributed by atoms with Crippen molar-refractivity contribution in [1.29, 1.82) is 0 Å². The Balaban J connectivity index is 1.52. The zero-order valence-corrected chi connectivity index (χ0v) is 15.8. The Kier molecular flexibility index (Phi) is 6.27. The largest absolute Gasteiger partial charge is 0.508 e. The summed E-state index contributed by atoms with van der Waals surface area (Å²) in [5, 5.41) is 12.7. The van der Waals surface area contributed by atoms with Gasteiger partial charge in [0.25, 0.3) is 0 Å². The van der Waals surface area contributed by atoms with E-state index in [2.05, 4.69) is 17.4 Å². The van der Waals surface area contributed by atoms with Crippen molar-refractivity contribution in [3.63, 3.8) is 0 Å². The quantitative estimate of drug-likeness (QED) is 0.580. The first kappa shape index (κ1) is 19.1. The lowest BCUT2D eigenvalue weighted by atomic mass is 10.1. The van der Waals surface area contributed by atoms with Crippen molar-refractivity contribution in [2.24, 2.45) is 0 Å². The van der Waals surface area contributed by atoms with Crippen LogP contribution in [-0.2, 0) is 22.8 Å². The van der Waals surface area contributed by atoms with E-state index in [-0.39, 0.29) is 15.5 Å². The van der Waals surface area contributed by atoms with E-state index >= 15 is 0 Å². The topological polar surface area (TPSA) is 66.4 Å². The molecule has 140 valence electrons. The summed E-state index contributed by atoms with van der Waals surface area (Å²) in [5.74, 6) is 0.0465. The average molecular weight is 381 g/mol. The van der Waals surface area contributed by atoms with Gasteiger partial charge in [-0.25, -0.2) is 8.42 Å². The molecule has 0 heterocycles. The van der Waals surface area contributed by atoms with Gasteiger partial charge in [0.15, 0.2) is 0 Å². The second kappa shape index (κ2) is 8.84. The van der Waals surface area contributed by atoms with Crippen molar-refractivity contribution in [3.8, 4) is 5.75 Å². The van der Waals surface area contributed by atoms with Crippen molar-refractivity contribution >= 4 is 9.84 Å². The van der Waals surface area contributed by atoms with Crippen molar-refractivity contribution in [3.05, 3.63) is 90.0 Å². The molecular weight excluding hydrogens is 358 g/mol. The van der Waals surface area contributed by atoms with E-state index in [1.807, 2.05) is 30.3 Å². The van der Waals surface area contributed by atoms with Gasteiger partial charge in [0.1, 0.15) is 5.75 Å². The van der Waals surface area contributed by atoms with Crippen LogP contribution in [0, 0.1) is 0 Å². The van der Waals surface area contributed by atoms with Crippen molar-refractivity contribution in [1.82, 2.24) is 5.32 Å². The summed E-state index contributed by atoms with van der Waals surface area (Å²) in [7, 11) is -3.56. The number of phenols is 1. The fraction of sp³-hybridized carbons (Fsp3) is 0.182.